The monoisotopic (exact) mass is 470 g/mol. The van der Waals surface area contributed by atoms with Crippen LogP contribution in [0.2, 0.25) is 0 Å². The molecule has 5 rings (SSSR count). The molecule has 0 saturated carbocycles. The molecule has 0 aromatic heterocycles. The van der Waals surface area contributed by atoms with Crippen molar-refractivity contribution >= 4 is 17.5 Å². The van der Waals surface area contributed by atoms with E-state index in [1.807, 2.05) is 71.6 Å². The third-order valence-corrected chi connectivity index (χ3v) is 7.21. The van der Waals surface area contributed by atoms with Gasteiger partial charge in [-0.25, -0.2) is 0 Å². The van der Waals surface area contributed by atoms with Gasteiger partial charge in [-0.2, -0.15) is 0 Å². The molecule has 3 aromatic rings. The molecule has 1 saturated heterocycles. The van der Waals surface area contributed by atoms with E-state index in [0.29, 0.717) is 44.7 Å². The van der Waals surface area contributed by atoms with Crippen LogP contribution in [0.1, 0.15) is 39.9 Å². The molecule has 1 N–H and O–H groups in total. The lowest BCUT2D eigenvalue weighted by Gasteiger charge is -2.36. The maximum atomic E-state index is 13.7. The summed E-state index contributed by atoms with van der Waals surface area (Å²) in [5.74, 6) is 0.769. The zero-order chi connectivity index (χ0) is 24.3. The maximum absolute atomic E-state index is 13.7. The first-order valence-corrected chi connectivity index (χ1v) is 12.1. The highest BCUT2D eigenvalue weighted by atomic mass is 16.5. The predicted molar refractivity (Wildman–Crippen MR) is 135 cm³/mol. The molecule has 0 unspecified atom stereocenters. The topological polar surface area (TPSA) is 67.9 Å². The second-order valence-electron chi connectivity index (χ2n) is 9.20. The number of anilines is 1. The van der Waals surface area contributed by atoms with Crippen molar-refractivity contribution in [2.75, 3.05) is 32.2 Å². The summed E-state index contributed by atoms with van der Waals surface area (Å²) in [5.41, 5.74) is 4.05. The molecule has 3 aromatic carbocycles. The molecule has 0 aliphatic carbocycles. The van der Waals surface area contributed by atoms with Gasteiger partial charge in [0.25, 0.3) is 5.91 Å². The van der Waals surface area contributed by atoms with Crippen LogP contribution in [0.3, 0.4) is 0 Å². The molecule has 2 heterocycles. The van der Waals surface area contributed by atoms with Gasteiger partial charge in [0.15, 0.2) is 0 Å². The molecule has 0 bridgehead atoms. The van der Waals surface area contributed by atoms with Crippen molar-refractivity contribution in [2.45, 2.75) is 31.2 Å². The Morgan fingerprint density at radius 3 is 2.40 bits per heavy atom. The molecule has 180 valence electrons. The van der Waals surface area contributed by atoms with Crippen molar-refractivity contribution in [2.24, 2.45) is 0 Å². The second-order valence-corrected chi connectivity index (χ2v) is 9.20. The average molecular weight is 471 g/mol. The molecule has 35 heavy (non-hydrogen) atoms. The molecule has 6 heteroatoms. The molecule has 6 nitrogen and oxygen atoms in total. The molecule has 1 fully saturated rings. The van der Waals surface area contributed by atoms with E-state index in [2.05, 4.69) is 11.4 Å². The van der Waals surface area contributed by atoms with Gasteiger partial charge >= 0.3 is 0 Å². The van der Waals surface area contributed by atoms with E-state index in [9.17, 15) is 9.59 Å². The van der Waals surface area contributed by atoms with Crippen LogP contribution < -0.4 is 10.1 Å². The molecule has 2 amide bonds. The Bertz CT molecular complexity index is 1200. The van der Waals surface area contributed by atoms with Crippen molar-refractivity contribution < 1.29 is 19.1 Å². The minimum absolute atomic E-state index is 0.0288. The first-order valence-electron chi connectivity index (χ1n) is 12.1. The third kappa shape index (κ3) is 4.66. The molecular formula is C29H30N2O4. The fourth-order valence-corrected chi connectivity index (χ4v) is 5.10. The average Bonchev–Trinajstić information content (AvgIpc) is 2.93. The van der Waals surface area contributed by atoms with Gasteiger partial charge in [0.05, 0.1) is 12.5 Å². The summed E-state index contributed by atoms with van der Waals surface area (Å²) in [6.45, 7) is 2.30. The summed E-state index contributed by atoms with van der Waals surface area (Å²) in [5, 5.41) is 3.18. The zero-order valence-corrected chi connectivity index (χ0v) is 20.0. The van der Waals surface area contributed by atoms with Crippen LogP contribution in [-0.2, 0) is 27.9 Å². The number of hydrogen-bond acceptors (Lipinski definition) is 4. The van der Waals surface area contributed by atoms with Crippen LogP contribution in [0, 0.1) is 0 Å². The molecule has 0 spiro atoms. The van der Waals surface area contributed by atoms with E-state index in [1.54, 1.807) is 7.11 Å². The van der Waals surface area contributed by atoms with Gasteiger partial charge in [0.2, 0.25) is 5.91 Å². The Balaban J connectivity index is 1.36. The first-order chi connectivity index (χ1) is 17.1. The molecule has 2 aliphatic rings. The van der Waals surface area contributed by atoms with E-state index in [4.69, 9.17) is 9.47 Å². The van der Waals surface area contributed by atoms with Crippen molar-refractivity contribution in [3.05, 3.63) is 95.1 Å². The number of rotatable bonds is 5. The second kappa shape index (κ2) is 9.92. The van der Waals surface area contributed by atoms with Crippen LogP contribution in [0.4, 0.5) is 5.69 Å². The summed E-state index contributed by atoms with van der Waals surface area (Å²) in [6.07, 6.45) is 2.04. The zero-order valence-electron chi connectivity index (χ0n) is 20.0. The number of nitrogens with one attached hydrogen (secondary N) is 1. The summed E-state index contributed by atoms with van der Waals surface area (Å²) in [6, 6.07) is 23.2. The van der Waals surface area contributed by atoms with Gasteiger partial charge < -0.3 is 19.7 Å². The van der Waals surface area contributed by atoms with Gasteiger partial charge in [-0.1, -0.05) is 36.4 Å². The lowest BCUT2D eigenvalue weighted by Crippen LogP contribution is -2.44. The number of methoxy groups -OCH3 is 1. The van der Waals surface area contributed by atoms with Gasteiger partial charge in [0, 0.05) is 37.6 Å². The van der Waals surface area contributed by atoms with E-state index in [1.165, 1.54) is 5.56 Å². The van der Waals surface area contributed by atoms with Crippen LogP contribution in [0.25, 0.3) is 0 Å². The predicted octanol–water partition coefficient (Wildman–Crippen LogP) is 4.58. The number of hydrogen-bond donors (Lipinski definition) is 1. The first kappa shape index (κ1) is 23.1. The Hall–Kier alpha value is -3.64. The van der Waals surface area contributed by atoms with Crippen molar-refractivity contribution in [1.82, 2.24) is 4.90 Å². The quantitative estimate of drug-likeness (QED) is 0.593. The number of ether oxygens (including phenoxy) is 2. The summed E-state index contributed by atoms with van der Waals surface area (Å²) in [7, 11) is 1.64. The van der Waals surface area contributed by atoms with E-state index >= 15 is 0 Å². The Kier molecular flexibility index (Phi) is 6.55. The van der Waals surface area contributed by atoms with Crippen LogP contribution in [0.5, 0.6) is 5.75 Å². The number of amides is 2. The Morgan fingerprint density at radius 2 is 1.69 bits per heavy atom. The Labute approximate surface area is 205 Å². The highest BCUT2D eigenvalue weighted by Gasteiger charge is 2.42. The number of carbonyl (C=O) groups excluding carboxylic acids is 2. The summed E-state index contributed by atoms with van der Waals surface area (Å²) in [4.78, 5) is 28.5. The minimum atomic E-state index is -0.657. The Morgan fingerprint density at radius 1 is 0.943 bits per heavy atom. The van der Waals surface area contributed by atoms with Crippen molar-refractivity contribution in [3.63, 3.8) is 0 Å². The van der Waals surface area contributed by atoms with E-state index < -0.39 is 5.41 Å². The highest BCUT2D eigenvalue weighted by molar-refractivity contribution is 5.99. The molecular weight excluding hydrogens is 440 g/mol. The highest BCUT2D eigenvalue weighted by Crippen LogP contribution is 2.37. The number of fused-ring (bicyclic) bond motifs is 1. The minimum Gasteiger partial charge on any atom is -0.497 e. The van der Waals surface area contributed by atoms with Crippen LogP contribution >= 0.6 is 0 Å². The fraction of sp³-hybridized carbons (Fsp3) is 0.310. The largest absolute Gasteiger partial charge is 0.497 e. The van der Waals surface area contributed by atoms with Crippen molar-refractivity contribution in [1.29, 1.82) is 0 Å². The van der Waals surface area contributed by atoms with E-state index in [0.717, 1.165) is 29.0 Å². The lowest BCUT2D eigenvalue weighted by atomic mass is 9.73. The summed E-state index contributed by atoms with van der Waals surface area (Å²) >= 11 is 0. The third-order valence-electron chi connectivity index (χ3n) is 7.21. The maximum Gasteiger partial charge on any atom is 0.254 e. The molecule has 2 aliphatic heterocycles. The van der Waals surface area contributed by atoms with Crippen LogP contribution in [-0.4, -0.2) is 43.6 Å². The van der Waals surface area contributed by atoms with Gasteiger partial charge in [-0.15, -0.1) is 0 Å². The smallest absolute Gasteiger partial charge is 0.254 e. The van der Waals surface area contributed by atoms with Gasteiger partial charge in [0.1, 0.15) is 5.75 Å². The van der Waals surface area contributed by atoms with Gasteiger partial charge in [-0.05, 0) is 72.4 Å². The number of carbonyl (C=O) groups is 2. The van der Waals surface area contributed by atoms with Crippen molar-refractivity contribution in [3.8, 4) is 5.75 Å². The number of nitrogens with zero attached hydrogens (tertiary/aromatic N) is 1. The van der Waals surface area contributed by atoms with Crippen LogP contribution in [0.15, 0.2) is 72.8 Å². The van der Waals surface area contributed by atoms with Gasteiger partial charge in [-0.3, -0.25) is 9.59 Å². The lowest BCUT2D eigenvalue weighted by molar-refractivity contribution is -0.125. The molecule has 0 atom stereocenters. The summed E-state index contributed by atoms with van der Waals surface area (Å²) < 4.78 is 10.9. The normalized spacial score (nSPS) is 16.8. The SMILES string of the molecule is COc1ccc(C2(C(=O)Nc3ccc4c(c3)CN(C(=O)c3ccccc3)CC4)CCOCC2)cc1. The standard InChI is InChI=1S/C29H30N2O4/c1-34-26-11-8-24(9-12-26)29(14-17-35-18-15-29)28(33)30-25-10-7-21-13-16-31(20-23(21)19-25)27(32)22-5-3-2-4-6-22/h2-12,19H,13-18,20H2,1H3,(H,30,33). The fourth-order valence-electron chi connectivity index (χ4n) is 5.10. The molecule has 0 radical (unpaired) electrons. The van der Waals surface area contributed by atoms with E-state index in [-0.39, 0.29) is 11.8 Å². The number of benzene rings is 3.